The highest BCUT2D eigenvalue weighted by Gasteiger charge is 2.29. The summed E-state index contributed by atoms with van der Waals surface area (Å²) in [5, 5.41) is 3.79. The van der Waals surface area contributed by atoms with Crippen molar-refractivity contribution in [2.45, 2.75) is 59.2 Å². The first-order valence-corrected chi connectivity index (χ1v) is 11.0. The summed E-state index contributed by atoms with van der Waals surface area (Å²) < 4.78 is 5.69. The van der Waals surface area contributed by atoms with E-state index in [1.165, 1.54) is 10.5 Å². The van der Waals surface area contributed by atoms with Gasteiger partial charge in [0.15, 0.2) is 6.61 Å². The number of halogens is 2. The van der Waals surface area contributed by atoms with Crippen molar-refractivity contribution >= 4 is 35.0 Å². The molecule has 2 aromatic rings. The molecule has 2 amide bonds. The van der Waals surface area contributed by atoms with Crippen LogP contribution < -0.4 is 10.1 Å². The van der Waals surface area contributed by atoms with Crippen molar-refractivity contribution in [3.8, 4) is 5.75 Å². The molecule has 0 aliphatic heterocycles. The zero-order chi connectivity index (χ0) is 23.2. The fourth-order valence-corrected chi connectivity index (χ4v) is 3.48. The first-order valence-electron chi connectivity index (χ1n) is 10.3. The molecule has 0 spiro atoms. The molecule has 0 bridgehead atoms. The molecule has 1 unspecified atom stereocenters. The second kappa shape index (κ2) is 10.9. The minimum Gasteiger partial charge on any atom is -0.484 e. The van der Waals surface area contributed by atoms with Crippen LogP contribution in [-0.2, 0) is 22.6 Å². The Hall–Kier alpha value is -2.24. The van der Waals surface area contributed by atoms with Gasteiger partial charge < -0.3 is 15.0 Å². The van der Waals surface area contributed by atoms with E-state index in [1.54, 1.807) is 25.1 Å². The summed E-state index contributed by atoms with van der Waals surface area (Å²) in [7, 11) is 0. The maximum absolute atomic E-state index is 13.1. The van der Waals surface area contributed by atoms with Gasteiger partial charge >= 0.3 is 0 Å². The van der Waals surface area contributed by atoms with E-state index in [2.05, 4.69) is 12.2 Å². The average molecular weight is 465 g/mol. The molecule has 1 N–H and O–H groups in total. The van der Waals surface area contributed by atoms with E-state index in [0.717, 1.165) is 6.42 Å². The fraction of sp³-hybridized carbons (Fsp3) is 0.417. The van der Waals surface area contributed by atoms with E-state index >= 15 is 0 Å². The molecule has 2 rings (SSSR count). The Morgan fingerprint density at radius 3 is 2.16 bits per heavy atom. The molecular weight excluding hydrogens is 435 g/mol. The van der Waals surface area contributed by atoms with Crippen LogP contribution in [0, 0.1) is 0 Å². The summed E-state index contributed by atoms with van der Waals surface area (Å²) in [6.07, 6.45) is 0.923. The van der Waals surface area contributed by atoms with Gasteiger partial charge in [-0.2, -0.15) is 0 Å². The molecule has 31 heavy (non-hydrogen) atoms. The second-order valence-electron chi connectivity index (χ2n) is 8.42. The lowest BCUT2D eigenvalue weighted by atomic mass is 10.1. The number of benzene rings is 2. The standard InChI is InChI=1S/C24H30Cl2N2O3/c1-6-17-10-12-18(13-11-17)31-15-22(29)28(16(2)23(30)27-24(3,4)5)14-19-20(25)8-7-9-21(19)26/h7-13,16H,6,14-15H2,1-5H3,(H,27,30). The Bertz CT molecular complexity index is 888. The molecule has 2 aromatic carbocycles. The summed E-state index contributed by atoms with van der Waals surface area (Å²) in [5.74, 6) is -0.0171. The van der Waals surface area contributed by atoms with E-state index in [0.29, 0.717) is 21.4 Å². The molecule has 0 fully saturated rings. The van der Waals surface area contributed by atoms with E-state index < -0.39 is 11.6 Å². The van der Waals surface area contributed by atoms with E-state index in [-0.39, 0.29) is 25.0 Å². The number of carbonyl (C=O) groups excluding carboxylic acids is 2. The first kappa shape index (κ1) is 25.0. The molecule has 7 heteroatoms. The van der Waals surface area contributed by atoms with Crippen molar-refractivity contribution < 1.29 is 14.3 Å². The molecule has 168 valence electrons. The summed E-state index contributed by atoms with van der Waals surface area (Å²) in [6, 6.07) is 12.0. The monoisotopic (exact) mass is 464 g/mol. The van der Waals surface area contributed by atoms with E-state index in [9.17, 15) is 9.59 Å². The number of rotatable bonds is 8. The summed E-state index contributed by atoms with van der Waals surface area (Å²) in [6.45, 7) is 9.29. The highest BCUT2D eigenvalue weighted by Crippen LogP contribution is 2.26. The van der Waals surface area contributed by atoms with Gasteiger partial charge in [-0.1, -0.05) is 48.3 Å². The number of nitrogens with one attached hydrogen (secondary N) is 1. The van der Waals surface area contributed by atoms with Gasteiger partial charge in [0.2, 0.25) is 5.91 Å². The zero-order valence-electron chi connectivity index (χ0n) is 18.7. The topological polar surface area (TPSA) is 58.6 Å². The minimum absolute atomic E-state index is 0.0915. The number of aryl methyl sites for hydroxylation is 1. The second-order valence-corrected chi connectivity index (χ2v) is 9.24. The Labute approximate surface area is 194 Å². The Morgan fingerprint density at radius 2 is 1.65 bits per heavy atom. The normalized spacial score (nSPS) is 12.2. The van der Waals surface area contributed by atoms with Gasteiger partial charge in [0.25, 0.3) is 5.91 Å². The highest BCUT2D eigenvalue weighted by molar-refractivity contribution is 6.36. The molecule has 5 nitrogen and oxygen atoms in total. The Morgan fingerprint density at radius 1 is 1.06 bits per heavy atom. The van der Waals surface area contributed by atoms with Gasteiger partial charge in [-0.15, -0.1) is 0 Å². The Balaban J connectivity index is 2.22. The quantitative estimate of drug-likeness (QED) is 0.578. The van der Waals surface area contributed by atoms with Crippen LogP contribution in [0.5, 0.6) is 5.75 Å². The average Bonchev–Trinajstić information content (AvgIpc) is 2.70. The number of amides is 2. The van der Waals surface area contributed by atoms with Gasteiger partial charge in [-0.3, -0.25) is 9.59 Å². The summed E-state index contributed by atoms with van der Waals surface area (Å²) in [5.41, 5.74) is 1.34. The van der Waals surface area contributed by atoms with Gasteiger partial charge in [0.1, 0.15) is 11.8 Å². The molecule has 0 heterocycles. The third-order valence-corrected chi connectivity index (χ3v) is 5.46. The largest absolute Gasteiger partial charge is 0.484 e. The lowest BCUT2D eigenvalue weighted by Crippen LogP contribution is -2.53. The smallest absolute Gasteiger partial charge is 0.261 e. The molecule has 0 aliphatic rings. The fourth-order valence-electron chi connectivity index (χ4n) is 2.96. The van der Waals surface area contributed by atoms with Crippen LogP contribution in [0.25, 0.3) is 0 Å². The van der Waals surface area contributed by atoms with Crippen molar-refractivity contribution in [2.24, 2.45) is 0 Å². The summed E-state index contributed by atoms with van der Waals surface area (Å²) >= 11 is 12.6. The van der Waals surface area contributed by atoms with Crippen molar-refractivity contribution in [3.05, 3.63) is 63.6 Å². The highest BCUT2D eigenvalue weighted by atomic mass is 35.5. The number of hydrogen-bond donors (Lipinski definition) is 1. The third kappa shape index (κ3) is 7.44. The minimum atomic E-state index is -0.745. The number of carbonyl (C=O) groups is 2. The Kier molecular flexibility index (Phi) is 8.78. The molecule has 0 radical (unpaired) electrons. The van der Waals surface area contributed by atoms with Gasteiger partial charge in [0, 0.05) is 27.7 Å². The maximum atomic E-state index is 13.1. The van der Waals surface area contributed by atoms with Crippen molar-refractivity contribution in [1.82, 2.24) is 10.2 Å². The van der Waals surface area contributed by atoms with Crippen LogP contribution in [0.1, 0.15) is 45.7 Å². The van der Waals surface area contributed by atoms with Crippen molar-refractivity contribution in [2.75, 3.05) is 6.61 Å². The van der Waals surface area contributed by atoms with Gasteiger partial charge in [-0.05, 0) is 63.9 Å². The molecule has 0 aromatic heterocycles. The van der Waals surface area contributed by atoms with Crippen LogP contribution in [0.3, 0.4) is 0 Å². The molecule has 0 saturated carbocycles. The van der Waals surface area contributed by atoms with Crippen molar-refractivity contribution in [1.29, 1.82) is 0 Å². The summed E-state index contributed by atoms with van der Waals surface area (Å²) in [4.78, 5) is 27.3. The van der Waals surface area contributed by atoms with Crippen LogP contribution in [-0.4, -0.2) is 34.9 Å². The van der Waals surface area contributed by atoms with Crippen LogP contribution in [0.4, 0.5) is 0 Å². The van der Waals surface area contributed by atoms with Gasteiger partial charge in [-0.25, -0.2) is 0 Å². The third-order valence-electron chi connectivity index (χ3n) is 4.75. The SMILES string of the molecule is CCc1ccc(OCC(=O)N(Cc2c(Cl)cccc2Cl)C(C)C(=O)NC(C)(C)C)cc1. The predicted molar refractivity (Wildman–Crippen MR) is 126 cm³/mol. The molecular formula is C24H30Cl2N2O3. The molecule has 0 saturated heterocycles. The zero-order valence-corrected chi connectivity index (χ0v) is 20.2. The number of ether oxygens (including phenoxy) is 1. The maximum Gasteiger partial charge on any atom is 0.261 e. The van der Waals surface area contributed by atoms with Crippen molar-refractivity contribution in [3.63, 3.8) is 0 Å². The van der Waals surface area contributed by atoms with E-state index in [4.69, 9.17) is 27.9 Å². The molecule has 1 atom stereocenters. The van der Waals surface area contributed by atoms with Gasteiger partial charge in [0.05, 0.1) is 0 Å². The lowest BCUT2D eigenvalue weighted by molar-refractivity contribution is -0.142. The lowest BCUT2D eigenvalue weighted by Gasteiger charge is -2.31. The predicted octanol–water partition coefficient (Wildman–Crippen LogP) is 5.27. The van der Waals surface area contributed by atoms with Crippen LogP contribution in [0.15, 0.2) is 42.5 Å². The van der Waals surface area contributed by atoms with E-state index in [1.807, 2.05) is 45.0 Å². The molecule has 0 aliphatic carbocycles. The number of hydrogen-bond acceptors (Lipinski definition) is 3. The van der Waals surface area contributed by atoms with Crippen LogP contribution in [0.2, 0.25) is 10.0 Å². The van der Waals surface area contributed by atoms with Crippen LogP contribution >= 0.6 is 23.2 Å². The first-order chi connectivity index (χ1) is 14.5. The number of nitrogens with zero attached hydrogens (tertiary/aromatic N) is 1.